The van der Waals surface area contributed by atoms with Crippen molar-refractivity contribution < 1.29 is 18.9 Å². The number of carbonyl (C=O) groups excluding carboxylic acids is 1. The van der Waals surface area contributed by atoms with E-state index in [9.17, 15) is 13.6 Å². The fourth-order valence-corrected chi connectivity index (χ4v) is 3.62. The lowest BCUT2D eigenvalue weighted by molar-refractivity contribution is -0.682. The highest BCUT2D eigenvalue weighted by molar-refractivity contribution is 5.77. The van der Waals surface area contributed by atoms with E-state index in [-0.39, 0.29) is 24.5 Å². The standard InChI is InChI=1S/C22H26F2N2O/c1-14(18-9-10-20(23)21(24)12-18)25-13-22(27)26-15(2)17-8-7-16-5-3-4-6-19(16)11-17/h7-12,14-15,25H,3-6,13H2,1-2H3,(H,26,27)/p+1/t14-,15-/m1/s1. The number of fused-ring (bicyclic) bond motifs is 1. The van der Waals surface area contributed by atoms with Gasteiger partial charge >= 0.3 is 0 Å². The molecule has 0 aromatic heterocycles. The molecule has 0 unspecified atom stereocenters. The van der Waals surface area contributed by atoms with Gasteiger partial charge in [0.1, 0.15) is 6.04 Å². The second-order valence-corrected chi connectivity index (χ2v) is 7.43. The van der Waals surface area contributed by atoms with Crippen LogP contribution in [0.15, 0.2) is 36.4 Å². The van der Waals surface area contributed by atoms with Crippen molar-refractivity contribution in [3.05, 3.63) is 70.3 Å². The second-order valence-electron chi connectivity index (χ2n) is 7.43. The van der Waals surface area contributed by atoms with E-state index in [4.69, 9.17) is 0 Å². The van der Waals surface area contributed by atoms with E-state index in [0.29, 0.717) is 5.56 Å². The van der Waals surface area contributed by atoms with Crippen molar-refractivity contribution in [1.29, 1.82) is 0 Å². The SMILES string of the molecule is C[C@@H](NC(=O)C[NH2+][C@H](C)c1ccc(F)c(F)c1)c1ccc2c(c1)CCCC2. The van der Waals surface area contributed by atoms with Gasteiger partial charge in [0.2, 0.25) is 0 Å². The van der Waals surface area contributed by atoms with Crippen LogP contribution in [-0.4, -0.2) is 12.5 Å². The van der Waals surface area contributed by atoms with E-state index in [2.05, 4.69) is 23.5 Å². The maximum absolute atomic E-state index is 13.3. The summed E-state index contributed by atoms with van der Waals surface area (Å²) >= 11 is 0. The number of amides is 1. The molecule has 0 saturated heterocycles. The molecule has 3 nitrogen and oxygen atoms in total. The first-order chi connectivity index (χ1) is 12.9. The molecule has 0 spiro atoms. The zero-order valence-corrected chi connectivity index (χ0v) is 15.9. The Morgan fingerprint density at radius 2 is 1.70 bits per heavy atom. The van der Waals surface area contributed by atoms with Crippen LogP contribution in [-0.2, 0) is 17.6 Å². The highest BCUT2D eigenvalue weighted by Crippen LogP contribution is 2.24. The Bertz CT molecular complexity index is 822. The van der Waals surface area contributed by atoms with Crippen LogP contribution in [0.2, 0.25) is 0 Å². The zero-order valence-electron chi connectivity index (χ0n) is 15.9. The van der Waals surface area contributed by atoms with Crippen LogP contribution >= 0.6 is 0 Å². The molecule has 0 bridgehead atoms. The van der Waals surface area contributed by atoms with Crippen LogP contribution in [0, 0.1) is 11.6 Å². The number of aryl methyl sites for hydroxylation is 2. The number of hydrogen-bond acceptors (Lipinski definition) is 1. The summed E-state index contributed by atoms with van der Waals surface area (Å²) in [5.74, 6) is -1.80. The number of halogens is 2. The first-order valence-electron chi connectivity index (χ1n) is 9.63. The van der Waals surface area contributed by atoms with E-state index in [1.807, 2.05) is 19.2 Å². The van der Waals surface area contributed by atoms with Crippen molar-refractivity contribution in [2.24, 2.45) is 0 Å². The predicted octanol–water partition coefficient (Wildman–Crippen LogP) is 3.35. The molecule has 1 aliphatic rings. The molecular formula is C22H27F2N2O+. The van der Waals surface area contributed by atoms with Crippen LogP contribution in [0.3, 0.4) is 0 Å². The molecule has 2 aromatic carbocycles. The molecule has 0 fully saturated rings. The summed E-state index contributed by atoms with van der Waals surface area (Å²) in [5, 5.41) is 4.85. The monoisotopic (exact) mass is 373 g/mol. The maximum Gasteiger partial charge on any atom is 0.275 e. The van der Waals surface area contributed by atoms with Gasteiger partial charge in [-0.05, 0) is 74.4 Å². The molecule has 1 aliphatic carbocycles. The lowest BCUT2D eigenvalue weighted by Crippen LogP contribution is -2.87. The summed E-state index contributed by atoms with van der Waals surface area (Å²) in [7, 11) is 0. The molecule has 0 radical (unpaired) electrons. The molecule has 5 heteroatoms. The lowest BCUT2D eigenvalue weighted by atomic mass is 9.89. The van der Waals surface area contributed by atoms with Gasteiger partial charge < -0.3 is 10.6 Å². The lowest BCUT2D eigenvalue weighted by Gasteiger charge is -2.20. The minimum atomic E-state index is -0.863. The maximum atomic E-state index is 13.3. The molecule has 144 valence electrons. The summed E-state index contributed by atoms with van der Waals surface area (Å²) in [6.07, 6.45) is 4.75. The fourth-order valence-electron chi connectivity index (χ4n) is 3.62. The number of rotatable bonds is 6. The van der Waals surface area contributed by atoms with Crippen LogP contribution < -0.4 is 10.6 Å². The van der Waals surface area contributed by atoms with Crippen molar-refractivity contribution in [3.8, 4) is 0 Å². The molecule has 3 rings (SSSR count). The van der Waals surface area contributed by atoms with Gasteiger partial charge in [0.15, 0.2) is 18.2 Å². The largest absolute Gasteiger partial charge is 0.345 e. The van der Waals surface area contributed by atoms with Crippen molar-refractivity contribution in [1.82, 2.24) is 5.32 Å². The molecule has 0 heterocycles. The van der Waals surface area contributed by atoms with E-state index in [1.54, 1.807) is 6.07 Å². The first kappa shape index (κ1) is 19.5. The number of nitrogens with two attached hydrogens (primary N) is 1. The van der Waals surface area contributed by atoms with Gasteiger partial charge in [0.25, 0.3) is 5.91 Å². The van der Waals surface area contributed by atoms with Gasteiger partial charge in [-0.3, -0.25) is 4.79 Å². The van der Waals surface area contributed by atoms with Gasteiger partial charge in [-0.25, -0.2) is 8.78 Å². The van der Waals surface area contributed by atoms with E-state index in [0.717, 1.165) is 24.5 Å². The molecule has 0 saturated carbocycles. The van der Waals surface area contributed by atoms with Crippen LogP contribution in [0.4, 0.5) is 8.78 Å². The van der Waals surface area contributed by atoms with E-state index < -0.39 is 11.6 Å². The van der Waals surface area contributed by atoms with Gasteiger partial charge in [-0.2, -0.15) is 0 Å². The Balaban J connectivity index is 1.53. The Hall–Kier alpha value is -2.27. The number of hydrogen-bond donors (Lipinski definition) is 2. The average Bonchev–Trinajstić information content (AvgIpc) is 2.67. The Labute approximate surface area is 159 Å². The number of carbonyl (C=O) groups is 1. The molecule has 27 heavy (non-hydrogen) atoms. The van der Waals surface area contributed by atoms with Crippen molar-refractivity contribution in [2.45, 2.75) is 51.6 Å². The minimum absolute atomic E-state index is 0.0586. The van der Waals surface area contributed by atoms with Crippen molar-refractivity contribution in [2.75, 3.05) is 6.54 Å². The van der Waals surface area contributed by atoms with E-state index >= 15 is 0 Å². The Morgan fingerprint density at radius 3 is 2.44 bits per heavy atom. The highest BCUT2D eigenvalue weighted by atomic mass is 19.2. The average molecular weight is 373 g/mol. The molecule has 3 N–H and O–H groups in total. The third-order valence-electron chi connectivity index (χ3n) is 5.38. The second kappa shape index (κ2) is 8.61. The van der Waals surface area contributed by atoms with Gasteiger partial charge in [-0.15, -0.1) is 0 Å². The molecule has 1 amide bonds. The molecule has 2 atom stereocenters. The summed E-state index contributed by atoms with van der Waals surface area (Å²) in [6, 6.07) is 10.2. The van der Waals surface area contributed by atoms with Crippen LogP contribution in [0.25, 0.3) is 0 Å². The smallest absolute Gasteiger partial charge is 0.275 e. The summed E-state index contributed by atoms with van der Waals surface area (Å²) < 4.78 is 26.4. The Morgan fingerprint density at radius 1 is 1.00 bits per heavy atom. The highest BCUT2D eigenvalue weighted by Gasteiger charge is 2.17. The first-order valence-corrected chi connectivity index (χ1v) is 9.63. The molecule has 0 aliphatic heterocycles. The third-order valence-corrected chi connectivity index (χ3v) is 5.38. The van der Waals surface area contributed by atoms with E-state index in [1.165, 1.54) is 30.0 Å². The van der Waals surface area contributed by atoms with Gasteiger partial charge in [0, 0.05) is 5.56 Å². The van der Waals surface area contributed by atoms with Crippen LogP contribution in [0.1, 0.15) is 61.0 Å². The summed E-state index contributed by atoms with van der Waals surface area (Å²) in [5.41, 5.74) is 4.61. The zero-order chi connectivity index (χ0) is 19.4. The minimum Gasteiger partial charge on any atom is -0.345 e. The topological polar surface area (TPSA) is 45.7 Å². The predicted molar refractivity (Wildman–Crippen MR) is 101 cm³/mol. The number of benzene rings is 2. The van der Waals surface area contributed by atoms with Crippen molar-refractivity contribution >= 4 is 5.91 Å². The fraction of sp³-hybridized carbons (Fsp3) is 0.409. The molecule has 2 aromatic rings. The summed E-state index contributed by atoms with van der Waals surface area (Å²) in [4.78, 5) is 12.3. The third kappa shape index (κ3) is 4.92. The number of nitrogens with one attached hydrogen (secondary N) is 1. The van der Waals surface area contributed by atoms with Gasteiger partial charge in [0.05, 0.1) is 6.04 Å². The normalized spacial score (nSPS) is 15.7. The molecular weight excluding hydrogens is 346 g/mol. The van der Waals surface area contributed by atoms with Crippen LogP contribution in [0.5, 0.6) is 0 Å². The number of quaternary nitrogens is 1. The van der Waals surface area contributed by atoms with Crippen molar-refractivity contribution in [3.63, 3.8) is 0 Å². The Kier molecular flexibility index (Phi) is 6.22. The quantitative estimate of drug-likeness (QED) is 0.801. The van der Waals surface area contributed by atoms with Gasteiger partial charge in [-0.1, -0.05) is 18.2 Å². The summed E-state index contributed by atoms with van der Waals surface area (Å²) in [6.45, 7) is 4.09.